The molecule has 1 aromatic heterocycles. The van der Waals surface area contributed by atoms with Gasteiger partial charge in [0.25, 0.3) is 5.91 Å². The highest BCUT2D eigenvalue weighted by molar-refractivity contribution is 5.96. The summed E-state index contributed by atoms with van der Waals surface area (Å²) in [6, 6.07) is 0.422. The first-order chi connectivity index (χ1) is 8.13. The molecule has 1 aromatic rings. The zero-order valence-corrected chi connectivity index (χ0v) is 10.5. The van der Waals surface area contributed by atoms with Crippen LogP contribution < -0.4 is 5.73 Å². The Morgan fingerprint density at radius 3 is 2.82 bits per heavy atom. The normalized spacial score (nSPS) is 16.4. The largest absolute Gasteiger partial charge is 0.396 e. The first-order valence-corrected chi connectivity index (χ1v) is 6.23. The number of hydrogen-bond acceptors (Lipinski definition) is 3. The van der Waals surface area contributed by atoms with Crippen LogP contribution in [0, 0.1) is 0 Å². The van der Waals surface area contributed by atoms with Gasteiger partial charge in [0.2, 0.25) is 0 Å². The van der Waals surface area contributed by atoms with Gasteiger partial charge in [-0.15, -0.1) is 0 Å². The minimum absolute atomic E-state index is 0.0956. The number of carbonyl (C=O) groups is 1. The SMILES string of the molecule is CCN(C)C(=O)c1nn(C2CCCC2)cc1N. The van der Waals surface area contributed by atoms with Crippen LogP contribution in [0.2, 0.25) is 0 Å². The van der Waals surface area contributed by atoms with Crippen LogP contribution in [0.4, 0.5) is 5.69 Å². The molecule has 0 radical (unpaired) electrons. The third-order valence-electron chi connectivity index (χ3n) is 3.48. The Bertz CT molecular complexity index is 407. The Kier molecular flexibility index (Phi) is 3.36. The van der Waals surface area contributed by atoms with Crippen molar-refractivity contribution in [3.8, 4) is 0 Å². The number of rotatable bonds is 3. The molecule has 1 aliphatic rings. The molecule has 0 bridgehead atoms. The van der Waals surface area contributed by atoms with E-state index in [0.717, 1.165) is 12.8 Å². The lowest BCUT2D eigenvalue weighted by molar-refractivity contribution is 0.0796. The van der Waals surface area contributed by atoms with Gasteiger partial charge in [-0.3, -0.25) is 9.48 Å². The highest BCUT2D eigenvalue weighted by Crippen LogP contribution is 2.30. The lowest BCUT2D eigenvalue weighted by Crippen LogP contribution is -2.27. The molecule has 1 amide bonds. The quantitative estimate of drug-likeness (QED) is 0.868. The van der Waals surface area contributed by atoms with E-state index in [1.165, 1.54) is 12.8 Å². The van der Waals surface area contributed by atoms with Crippen LogP contribution in [0.25, 0.3) is 0 Å². The molecule has 0 aliphatic heterocycles. The zero-order valence-electron chi connectivity index (χ0n) is 10.5. The molecule has 5 nitrogen and oxygen atoms in total. The first kappa shape index (κ1) is 12.0. The number of hydrogen-bond donors (Lipinski definition) is 1. The molecule has 0 atom stereocenters. The fourth-order valence-corrected chi connectivity index (χ4v) is 2.25. The standard InChI is InChI=1S/C12H20N4O/c1-3-15(2)12(17)11-10(13)8-16(14-11)9-6-4-5-7-9/h8-9H,3-7,13H2,1-2H3. The Labute approximate surface area is 102 Å². The minimum Gasteiger partial charge on any atom is -0.396 e. The van der Waals surface area contributed by atoms with Gasteiger partial charge in [-0.1, -0.05) is 12.8 Å². The topological polar surface area (TPSA) is 64.2 Å². The summed E-state index contributed by atoms with van der Waals surface area (Å²) in [6.07, 6.45) is 6.55. The number of nitrogen functional groups attached to an aromatic ring is 1. The second-order valence-electron chi connectivity index (χ2n) is 4.67. The molecule has 5 heteroatoms. The van der Waals surface area contributed by atoms with Crippen molar-refractivity contribution in [3.05, 3.63) is 11.9 Å². The maximum absolute atomic E-state index is 12.0. The van der Waals surface area contributed by atoms with Crippen LogP contribution in [0.3, 0.4) is 0 Å². The fourth-order valence-electron chi connectivity index (χ4n) is 2.25. The summed E-state index contributed by atoms with van der Waals surface area (Å²) in [5.41, 5.74) is 6.75. The van der Waals surface area contributed by atoms with E-state index >= 15 is 0 Å². The van der Waals surface area contributed by atoms with Crippen molar-refractivity contribution in [2.24, 2.45) is 0 Å². The summed E-state index contributed by atoms with van der Waals surface area (Å²) in [4.78, 5) is 13.6. The van der Waals surface area contributed by atoms with E-state index in [-0.39, 0.29) is 5.91 Å². The maximum Gasteiger partial charge on any atom is 0.276 e. The molecule has 0 aromatic carbocycles. The Balaban J connectivity index is 2.21. The molecule has 1 heterocycles. The van der Waals surface area contributed by atoms with Crippen LogP contribution in [0.15, 0.2) is 6.20 Å². The second-order valence-corrected chi connectivity index (χ2v) is 4.67. The van der Waals surface area contributed by atoms with Gasteiger partial charge >= 0.3 is 0 Å². The molecule has 2 rings (SSSR count). The van der Waals surface area contributed by atoms with Gasteiger partial charge in [0, 0.05) is 19.8 Å². The molecule has 1 fully saturated rings. The molecule has 0 spiro atoms. The third-order valence-corrected chi connectivity index (χ3v) is 3.48. The van der Waals surface area contributed by atoms with Crippen molar-refractivity contribution in [1.82, 2.24) is 14.7 Å². The van der Waals surface area contributed by atoms with Crippen LogP contribution in [-0.2, 0) is 0 Å². The van der Waals surface area contributed by atoms with Crippen molar-refractivity contribution in [2.75, 3.05) is 19.3 Å². The van der Waals surface area contributed by atoms with Crippen LogP contribution >= 0.6 is 0 Å². The summed E-state index contributed by atoms with van der Waals surface area (Å²) in [7, 11) is 1.76. The minimum atomic E-state index is -0.0956. The first-order valence-electron chi connectivity index (χ1n) is 6.23. The van der Waals surface area contributed by atoms with Crippen molar-refractivity contribution in [2.45, 2.75) is 38.6 Å². The number of carbonyl (C=O) groups excluding carboxylic acids is 1. The number of nitrogens with two attached hydrogens (primary N) is 1. The van der Waals surface area contributed by atoms with E-state index in [9.17, 15) is 4.79 Å². The van der Waals surface area contributed by atoms with Crippen molar-refractivity contribution in [1.29, 1.82) is 0 Å². The molecule has 1 saturated carbocycles. The van der Waals surface area contributed by atoms with Gasteiger partial charge in [0.15, 0.2) is 5.69 Å². The van der Waals surface area contributed by atoms with Gasteiger partial charge in [-0.25, -0.2) is 0 Å². The maximum atomic E-state index is 12.0. The van der Waals surface area contributed by atoms with Gasteiger partial charge in [0.1, 0.15) is 0 Å². The van der Waals surface area contributed by atoms with Gasteiger partial charge in [0.05, 0.1) is 11.7 Å². The molecule has 1 aliphatic carbocycles. The van der Waals surface area contributed by atoms with Gasteiger partial charge in [-0.2, -0.15) is 5.10 Å². The Hall–Kier alpha value is -1.52. The highest BCUT2D eigenvalue weighted by Gasteiger charge is 2.22. The van der Waals surface area contributed by atoms with Crippen LogP contribution in [0.1, 0.15) is 49.1 Å². The van der Waals surface area contributed by atoms with E-state index in [0.29, 0.717) is 24.0 Å². The molecule has 94 valence electrons. The molecule has 0 saturated heterocycles. The average molecular weight is 236 g/mol. The van der Waals surface area contributed by atoms with Crippen molar-refractivity contribution in [3.63, 3.8) is 0 Å². The van der Waals surface area contributed by atoms with Crippen molar-refractivity contribution >= 4 is 11.6 Å². The average Bonchev–Trinajstić information content (AvgIpc) is 2.95. The smallest absolute Gasteiger partial charge is 0.276 e. The van der Waals surface area contributed by atoms with Crippen LogP contribution in [0.5, 0.6) is 0 Å². The summed E-state index contributed by atoms with van der Waals surface area (Å²) < 4.78 is 1.87. The fraction of sp³-hybridized carbons (Fsp3) is 0.667. The van der Waals surface area contributed by atoms with E-state index in [1.54, 1.807) is 18.1 Å². The van der Waals surface area contributed by atoms with E-state index in [1.807, 2.05) is 11.6 Å². The predicted octanol–water partition coefficient (Wildman–Crippen LogP) is 1.67. The predicted molar refractivity (Wildman–Crippen MR) is 66.8 cm³/mol. The summed E-state index contributed by atoms with van der Waals surface area (Å²) in [5.74, 6) is -0.0956. The van der Waals surface area contributed by atoms with E-state index < -0.39 is 0 Å². The number of nitrogens with zero attached hydrogens (tertiary/aromatic N) is 3. The number of aromatic nitrogens is 2. The molecular formula is C12H20N4O. The number of anilines is 1. The Morgan fingerprint density at radius 1 is 1.59 bits per heavy atom. The summed E-state index contributed by atoms with van der Waals surface area (Å²) in [5, 5.41) is 4.36. The summed E-state index contributed by atoms with van der Waals surface area (Å²) in [6.45, 7) is 2.59. The van der Waals surface area contributed by atoms with Crippen molar-refractivity contribution < 1.29 is 4.79 Å². The molecule has 2 N–H and O–H groups in total. The number of amides is 1. The molecule has 17 heavy (non-hydrogen) atoms. The second kappa shape index (κ2) is 4.77. The molecule has 0 unspecified atom stereocenters. The summed E-state index contributed by atoms with van der Waals surface area (Å²) >= 11 is 0. The van der Waals surface area contributed by atoms with E-state index in [2.05, 4.69) is 5.10 Å². The zero-order chi connectivity index (χ0) is 12.4. The van der Waals surface area contributed by atoms with Gasteiger partial charge in [-0.05, 0) is 19.8 Å². The monoisotopic (exact) mass is 236 g/mol. The lowest BCUT2D eigenvalue weighted by atomic mass is 10.3. The van der Waals surface area contributed by atoms with Gasteiger partial charge < -0.3 is 10.6 Å². The van der Waals surface area contributed by atoms with E-state index in [4.69, 9.17) is 5.73 Å². The lowest BCUT2D eigenvalue weighted by Gasteiger charge is -2.13. The van der Waals surface area contributed by atoms with Crippen LogP contribution in [-0.4, -0.2) is 34.2 Å². The molecular weight excluding hydrogens is 216 g/mol. The Morgan fingerprint density at radius 2 is 2.24 bits per heavy atom. The highest BCUT2D eigenvalue weighted by atomic mass is 16.2. The third kappa shape index (κ3) is 2.28.